The number of benzene rings is 1. The molecule has 0 radical (unpaired) electrons. The van der Waals surface area contributed by atoms with Gasteiger partial charge in [0.25, 0.3) is 0 Å². The van der Waals surface area contributed by atoms with E-state index in [1.165, 1.54) is 6.07 Å². The van der Waals surface area contributed by atoms with Crippen LogP contribution in [0.1, 0.15) is 16.9 Å². The van der Waals surface area contributed by atoms with Crippen molar-refractivity contribution in [3.05, 3.63) is 40.8 Å². The Hall–Kier alpha value is -2.10. The van der Waals surface area contributed by atoms with E-state index in [-0.39, 0.29) is 6.04 Å². The van der Waals surface area contributed by atoms with Gasteiger partial charge in [0.05, 0.1) is 16.9 Å². The zero-order valence-electron chi connectivity index (χ0n) is 16.3. The number of ether oxygens (including phenoxy) is 1. The van der Waals surface area contributed by atoms with Crippen LogP contribution in [0, 0.1) is 0 Å². The van der Waals surface area contributed by atoms with Crippen LogP contribution < -0.4 is 5.32 Å². The zero-order valence-corrected chi connectivity index (χ0v) is 17.1. The molecule has 1 fully saturated rings. The van der Waals surface area contributed by atoms with Gasteiger partial charge in [-0.05, 0) is 31.7 Å². The number of nitrogens with zero attached hydrogens (tertiary/aromatic N) is 3. The van der Waals surface area contributed by atoms with E-state index in [1.54, 1.807) is 7.11 Å². The van der Waals surface area contributed by atoms with Crippen molar-refractivity contribution in [1.82, 2.24) is 9.80 Å². The minimum absolute atomic E-state index is 0.252. The van der Waals surface area contributed by atoms with Gasteiger partial charge in [0.1, 0.15) is 15.7 Å². The highest BCUT2D eigenvalue weighted by Gasteiger charge is 2.37. The Labute approximate surface area is 171 Å². The number of likely N-dealkylation sites (N-methyl/N-ethyl adjacent to an activating group) is 1. The molecule has 1 unspecified atom stereocenters. The quantitative estimate of drug-likeness (QED) is 0.785. The normalized spacial score (nSPS) is 19.8. The molecule has 1 N–H and O–H groups in total. The maximum absolute atomic E-state index is 13.4. The van der Waals surface area contributed by atoms with E-state index in [9.17, 15) is 13.2 Å². The van der Waals surface area contributed by atoms with Crippen LogP contribution in [0.5, 0.6) is 0 Å². The van der Waals surface area contributed by atoms with E-state index >= 15 is 0 Å². The second kappa shape index (κ2) is 7.97. The molecular weight excluding hydrogens is 401 g/mol. The molecular formula is C20H23F3N4OS. The number of nitrogens with one attached hydrogen (secondary N) is 1. The second-order valence-corrected chi connectivity index (χ2v) is 8.34. The van der Waals surface area contributed by atoms with E-state index in [4.69, 9.17) is 9.73 Å². The maximum Gasteiger partial charge on any atom is 0.425 e. The van der Waals surface area contributed by atoms with Gasteiger partial charge in [-0.3, -0.25) is 4.90 Å². The van der Waals surface area contributed by atoms with Crippen LogP contribution in [0.15, 0.2) is 35.3 Å². The van der Waals surface area contributed by atoms with Gasteiger partial charge in [-0.15, -0.1) is 11.3 Å². The van der Waals surface area contributed by atoms with Crippen molar-refractivity contribution in [2.24, 2.45) is 4.99 Å². The fourth-order valence-electron chi connectivity index (χ4n) is 3.71. The number of thiophene rings is 1. The minimum atomic E-state index is -4.38. The summed E-state index contributed by atoms with van der Waals surface area (Å²) in [6, 6.07) is 8.92. The first-order valence-electron chi connectivity index (χ1n) is 9.47. The number of para-hydroxylation sites is 2. The Bertz CT molecular complexity index is 911. The number of rotatable bonds is 3. The molecule has 29 heavy (non-hydrogen) atoms. The molecule has 0 bridgehead atoms. The van der Waals surface area contributed by atoms with Crippen molar-refractivity contribution in [1.29, 1.82) is 0 Å². The third kappa shape index (κ3) is 4.12. The molecule has 156 valence electrons. The number of halogens is 3. The molecule has 0 spiro atoms. The lowest BCUT2D eigenvalue weighted by Crippen LogP contribution is -2.53. The summed E-state index contributed by atoms with van der Waals surface area (Å²) in [5.74, 6) is 0.597. The smallest absolute Gasteiger partial charge is 0.385 e. The van der Waals surface area contributed by atoms with E-state index < -0.39 is 11.1 Å². The molecule has 0 saturated carbocycles. The number of hydrogen-bond acceptors (Lipinski definition) is 6. The van der Waals surface area contributed by atoms with Gasteiger partial charge in [0.2, 0.25) is 0 Å². The van der Waals surface area contributed by atoms with Gasteiger partial charge in [-0.2, -0.15) is 13.2 Å². The molecule has 3 heterocycles. The van der Waals surface area contributed by atoms with Crippen molar-refractivity contribution in [2.75, 3.05) is 45.7 Å². The molecule has 1 aromatic heterocycles. The van der Waals surface area contributed by atoms with E-state index in [2.05, 4.69) is 22.2 Å². The topological polar surface area (TPSA) is 40.1 Å². The summed E-state index contributed by atoms with van der Waals surface area (Å²) in [6.45, 7) is 2.85. The first kappa shape index (κ1) is 20.2. The van der Waals surface area contributed by atoms with E-state index in [1.807, 2.05) is 24.3 Å². The van der Waals surface area contributed by atoms with Crippen molar-refractivity contribution in [3.8, 4) is 0 Å². The standard InChI is InChI=1S/C20H23F3N4OS/c1-26-8-9-27(12-13(26)7-10-28-2)18-14-11-17(20(21,22)23)29-19(14)25-16-6-4-3-5-15(16)24-18/h3-6,11,13,25H,7-10,12H2,1-2H3. The molecule has 1 saturated heterocycles. The molecule has 9 heteroatoms. The van der Waals surface area contributed by atoms with Crippen molar-refractivity contribution in [3.63, 3.8) is 0 Å². The van der Waals surface area contributed by atoms with Crippen LogP contribution in [0.3, 0.4) is 0 Å². The average molecular weight is 424 g/mol. The number of methoxy groups -OCH3 is 1. The zero-order chi connectivity index (χ0) is 20.6. The summed E-state index contributed by atoms with van der Waals surface area (Å²) in [5.41, 5.74) is 1.95. The highest BCUT2D eigenvalue weighted by atomic mass is 32.1. The SMILES string of the molecule is COCCC1CN(C2=Nc3ccccc3Nc3sc(C(F)(F)F)cc32)CCN1C. The number of alkyl halides is 3. The molecule has 1 atom stereocenters. The van der Waals surface area contributed by atoms with Crippen LogP contribution in [0.2, 0.25) is 0 Å². The summed E-state index contributed by atoms with van der Waals surface area (Å²) >= 11 is 0.728. The predicted molar refractivity (Wildman–Crippen MR) is 110 cm³/mol. The summed E-state index contributed by atoms with van der Waals surface area (Å²) < 4.78 is 45.4. The fourth-order valence-corrected chi connectivity index (χ4v) is 4.64. The largest absolute Gasteiger partial charge is 0.425 e. The Balaban J connectivity index is 1.74. The molecule has 5 nitrogen and oxygen atoms in total. The summed E-state index contributed by atoms with van der Waals surface area (Å²) in [7, 11) is 3.75. The van der Waals surface area contributed by atoms with Gasteiger partial charge in [0, 0.05) is 39.4 Å². The lowest BCUT2D eigenvalue weighted by Gasteiger charge is -2.40. The summed E-state index contributed by atoms with van der Waals surface area (Å²) in [6.07, 6.45) is -3.53. The van der Waals surface area contributed by atoms with Crippen molar-refractivity contribution in [2.45, 2.75) is 18.6 Å². The molecule has 0 amide bonds. The average Bonchev–Trinajstić information content (AvgIpc) is 3.04. The molecule has 0 aliphatic carbocycles. The van der Waals surface area contributed by atoms with Crippen molar-refractivity contribution >= 4 is 33.5 Å². The van der Waals surface area contributed by atoms with Gasteiger partial charge in [-0.1, -0.05) is 12.1 Å². The highest BCUT2D eigenvalue weighted by Crippen LogP contribution is 2.44. The Kier molecular flexibility index (Phi) is 5.54. The molecule has 2 aromatic rings. The Morgan fingerprint density at radius 2 is 2.07 bits per heavy atom. The second-order valence-electron chi connectivity index (χ2n) is 7.29. The maximum atomic E-state index is 13.4. The van der Waals surface area contributed by atoms with Crippen molar-refractivity contribution < 1.29 is 17.9 Å². The van der Waals surface area contributed by atoms with E-state index in [0.29, 0.717) is 41.8 Å². The Morgan fingerprint density at radius 3 is 2.83 bits per heavy atom. The first-order valence-corrected chi connectivity index (χ1v) is 10.3. The predicted octanol–water partition coefficient (Wildman–Crippen LogP) is 4.55. The number of fused-ring (bicyclic) bond motifs is 2. The lowest BCUT2D eigenvalue weighted by atomic mass is 10.1. The van der Waals surface area contributed by atoms with E-state index in [0.717, 1.165) is 30.0 Å². The van der Waals surface area contributed by atoms with Crippen LogP contribution in [0.4, 0.5) is 29.5 Å². The third-order valence-corrected chi connectivity index (χ3v) is 6.46. The van der Waals surface area contributed by atoms with Gasteiger partial charge in [0.15, 0.2) is 0 Å². The number of aliphatic imine (C=N–C) groups is 1. The number of anilines is 2. The minimum Gasteiger partial charge on any atom is -0.385 e. The first-order chi connectivity index (χ1) is 13.9. The molecule has 2 aliphatic rings. The number of amidine groups is 1. The Morgan fingerprint density at radius 1 is 1.28 bits per heavy atom. The van der Waals surface area contributed by atoms with Crippen LogP contribution in [-0.4, -0.2) is 62.1 Å². The lowest BCUT2D eigenvalue weighted by molar-refractivity contribution is -0.134. The highest BCUT2D eigenvalue weighted by molar-refractivity contribution is 7.16. The summed E-state index contributed by atoms with van der Waals surface area (Å²) in [5, 5.41) is 3.65. The molecule has 4 rings (SSSR count). The fraction of sp³-hybridized carbons (Fsp3) is 0.450. The van der Waals surface area contributed by atoms with Gasteiger partial charge >= 0.3 is 6.18 Å². The van der Waals surface area contributed by atoms with Crippen LogP contribution in [0.25, 0.3) is 0 Å². The monoisotopic (exact) mass is 424 g/mol. The number of hydrogen-bond donors (Lipinski definition) is 1. The number of piperazine rings is 1. The molecule has 2 aliphatic heterocycles. The summed E-state index contributed by atoms with van der Waals surface area (Å²) in [4.78, 5) is 8.57. The van der Waals surface area contributed by atoms with Crippen LogP contribution >= 0.6 is 11.3 Å². The van der Waals surface area contributed by atoms with Gasteiger partial charge < -0.3 is 15.0 Å². The van der Waals surface area contributed by atoms with Crippen LogP contribution in [-0.2, 0) is 10.9 Å². The molecule has 1 aromatic carbocycles. The third-order valence-electron chi connectivity index (χ3n) is 5.36. The van der Waals surface area contributed by atoms with Gasteiger partial charge in [-0.25, -0.2) is 4.99 Å².